The summed E-state index contributed by atoms with van der Waals surface area (Å²) >= 11 is 0. The van der Waals surface area contributed by atoms with Crippen molar-refractivity contribution in [3.63, 3.8) is 0 Å². The Balaban J connectivity index is 1.73. The molecule has 0 aromatic carbocycles. The van der Waals surface area contributed by atoms with E-state index in [1.165, 1.54) is 31.8 Å². The number of aromatic carboxylic acids is 1. The third kappa shape index (κ3) is 4.88. The molecule has 0 radical (unpaired) electrons. The smallest absolute Gasteiger partial charge is 0.356 e. The second kappa shape index (κ2) is 7.81. The number of aromatic nitrogens is 2. The molecule has 0 saturated heterocycles. The minimum absolute atomic E-state index is 0.0290. The molecule has 116 valence electrons. The van der Waals surface area contributed by atoms with Gasteiger partial charge in [0.25, 0.3) is 0 Å². The van der Waals surface area contributed by atoms with Crippen LogP contribution in [-0.4, -0.2) is 33.1 Å². The highest BCUT2D eigenvalue weighted by atomic mass is 16.4. The van der Waals surface area contributed by atoms with Crippen molar-refractivity contribution in [2.45, 2.75) is 51.5 Å². The molecular weight excluding hydrogens is 270 g/mol. The first kappa shape index (κ1) is 15.5. The molecule has 1 aliphatic carbocycles. The van der Waals surface area contributed by atoms with Gasteiger partial charge in [-0.2, -0.15) is 0 Å². The van der Waals surface area contributed by atoms with E-state index in [-0.39, 0.29) is 17.5 Å². The Bertz CT molecular complexity index is 476. The van der Waals surface area contributed by atoms with Crippen LogP contribution in [0.5, 0.6) is 0 Å². The Morgan fingerprint density at radius 2 is 1.90 bits per heavy atom. The quantitative estimate of drug-likeness (QED) is 0.870. The number of nitrogens with zero attached hydrogens (tertiary/aromatic N) is 2. The van der Waals surface area contributed by atoms with Crippen LogP contribution in [0.3, 0.4) is 0 Å². The predicted octanol–water partition coefficient (Wildman–Crippen LogP) is 2.06. The molecule has 21 heavy (non-hydrogen) atoms. The van der Waals surface area contributed by atoms with Gasteiger partial charge in [-0.15, -0.1) is 0 Å². The highest BCUT2D eigenvalue weighted by molar-refractivity contribution is 5.84. The maximum atomic E-state index is 12.1. The Morgan fingerprint density at radius 3 is 2.52 bits per heavy atom. The lowest BCUT2D eigenvalue weighted by Crippen LogP contribution is -2.33. The molecule has 1 amide bonds. The number of carboxylic acids is 1. The fraction of sp³-hybridized carbons (Fsp3) is 0.667. The molecule has 6 heteroatoms. The first-order valence-electron chi connectivity index (χ1n) is 7.69. The summed E-state index contributed by atoms with van der Waals surface area (Å²) in [5.74, 6) is -0.759. The lowest BCUT2D eigenvalue weighted by atomic mass is 9.90. The predicted molar refractivity (Wildman–Crippen MR) is 78.0 cm³/mol. The number of nitrogens with one attached hydrogen (secondary N) is 1. The monoisotopic (exact) mass is 293 g/mol. The van der Waals surface area contributed by atoms with Crippen molar-refractivity contribution in [3.8, 4) is 0 Å². The van der Waals surface area contributed by atoms with Gasteiger partial charge >= 0.3 is 5.97 Å². The third-order valence-electron chi connectivity index (χ3n) is 4.00. The second-order valence-corrected chi connectivity index (χ2v) is 5.63. The standard InChI is InChI=1S/C15H23N3O3/c19-14(12-6-4-2-1-3-5-7-12)16-8-9-18-10-13(15(20)21)17-11-18/h10-12H,1-9H2,(H,16,19)(H,20,21). The first-order chi connectivity index (χ1) is 10.2. The van der Waals surface area contributed by atoms with Crippen LogP contribution >= 0.6 is 0 Å². The molecule has 1 saturated carbocycles. The summed E-state index contributed by atoms with van der Waals surface area (Å²) in [6.45, 7) is 1.05. The molecule has 2 rings (SSSR count). The molecule has 1 aliphatic rings. The van der Waals surface area contributed by atoms with Crippen LogP contribution in [0.25, 0.3) is 0 Å². The van der Waals surface area contributed by atoms with Gasteiger partial charge in [0.2, 0.25) is 5.91 Å². The van der Waals surface area contributed by atoms with Crippen molar-refractivity contribution in [3.05, 3.63) is 18.2 Å². The summed E-state index contributed by atoms with van der Waals surface area (Å²) in [4.78, 5) is 26.6. The zero-order valence-corrected chi connectivity index (χ0v) is 12.3. The zero-order chi connectivity index (χ0) is 15.1. The van der Waals surface area contributed by atoms with Crippen molar-refractivity contribution in [2.24, 2.45) is 5.92 Å². The highest BCUT2D eigenvalue weighted by Gasteiger charge is 2.18. The van der Waals surface area contributed by atoms with Gasteiger partial charge in [0.1, 0.15) is 0 Å². The lowest BCUT2D eigenvalue weighted by molar-refractivity contribution is -0.125. The van der Waals surface area contributed by atoms with Gasteiger partial charge in [0.15, 0.2) is 5.69 Å². The highest BCUT2D eigenvalue weighted by Crippen LogP contribution is 2.22. The van der Waals surface area contributed by atoms with Crippen molar-refractivity contribution >= 4 is 11.9 Å². The fourth-order valence-electron chi connectivity index (χ4n) is 2.76. The molecule has 1 aromatic heterocycles. The maximum absolute atomic E-state index is 12.1. The van der Waals surface area contributed by atoms with Crippen molar-refractivity contribution in [2.75, 3.05) is 6.54 Å². The lowest BCUT2D eigenvalue weighted by Gasteiger charge is -2.19. The number of rotatable bonds is 5. The van der Waals surface area contributed by atoms with Crippen LogP contribution in [0.2, 0.25) is 0 Å². The van der Waals surface area contributed by atoms with Crippen molar-refractivity contribution in [1.82, 2.24) is 14.9 Å². The number of carbonyl (C=O) groups is 2. The minimum atomic E-state index is -1.03. The maximum Gasteiger partial charge on any atom is 0.356 e. The van der Waals surface area contributed by atoms with E-state index in [1.807, 2.05) is 0 Å². The van der Waals surface area contributed by atoms with Crippen LogP contribution in [0, 0.1) is 5.92 Å². The summed E-state index contributed by atoms with van der Waals surface area (Å²) in [6, 6.07) is 0. The Labute approximate surface area is 124 Å². The van der Waals surface area contributed by atoms with Gasteiger partial charge < -0.3 is 15.0 Å². The van der Waals surface area contributed by atoms with E-state index in [4.69, 9.17) is 5.11 Å². The molecule has 1 heterocycles. The number of hydrogen-bond acceptors (Lipinski definition) is 3. The Hall–Kier alpha value is -1.85. The molecular formula is C15H23N3O3. The largest absolute Gasteiger partial charge is 0.476 e. The van der Waals surface area contributed by atoms with Crippen LogP contribution < -0.4 is 5.32 Å². The SMILES string of the molecule is O=C(O)c1cn(CCNC(=O)C2CCCCCCC2)cn1. The van der Waals surface area contributed by atoms with E-state index in [9.17, 15) is 9.59 Å². The number of amides is 1. The number of carbonyl (C=O) groups excluding carboxylic acids is 1. The van der Waals surface area contributed by atoms with Crippen molar-refractivity contribution < 1.29 is 14.7 Å². The van der Waals surface area contributed by atoms with Crippen LogP contribution in [0.15, 0.2) is 12.5 Å². The molecule has 1 fully saturated rings. The van der Waals surface area contributed by atoms with E-state index >= 15 is 0 Å². The van der Waals surface area contributed by atoms with Crippen molar-refractivity contribution in [1.29, 1.82) is 0 Å². The fourth-order valence-corrected chi connectivity index (χ4v) is 2.76. The zero-order valence-electron chi connectivity index (χ0n) is 12.3. The van der Waals surface area contributed by atoms with Crippen LogP contribution in [0.4, 0.5) is 0 Å². The van der Waals surface area contributed by atoms with Gasteiger partial charge in [-0.25, -0.2) is 9.78 Å². The number of hydrogen-bond donors (Lipinski definition) is 2. The van der Waals surface area contributed by atoms with E-state index in [0.717, 1.165) is 25.7 Å². The van der Waals surface area contributed by atoms with E-state index in [2.05, 4.69) is 10.3 Å². The number of carboxylic acid groups (broad SMARTS) is 1. The average Bonchev–Trinajstić information content (AvgIpc) is 2.87. The summed E-state index contributed by atoms with van der Waals surface area (Å²) in [5, 5.41) is 11.7. The van der Waals surface area contributed by atoms with Gasteiger partial charge in [-0.1, -0.05) is 32.1 Å². The van der Waals surface area contributed by atoms with Crippen LogP contribution in [-0.2, 0) is 11.3 Å². The molecule has 1 aromatic rings. The summed E-state index contributed by atoms with van der Waals surface area (Å²) in [7, 11) is 0. The topological polar surface area (TPSA) is 84.2 Å². The normalized spacial score (nSPS) is 17.0. The number of imidazole rings is 1. The molecule has 0 atom stereocenters. The molecule has 6 nitrogen and oxygen atoms in total. The van der Waals surface area contributed by atoms with Gasteiger partial charge in [0, 0.05) is 25.2 Å². The van der Waals surface area contributed by atoms with Gasteiger partial charge in [-0.05, 0) is 12.8 Å². The molecule has 2 N–H and O–H groups in total. The molecule has 0 bridgehead atoms. The molecule has 0 unspecified atom stereocenters. The first-order valence-corrected chi connectivity index (χ1v) is 7.69. The summed E-state index contributed by atoms with van der Waals surface area (Å²) in [5.41, 5.74) is 0.0290. The Morgan fingerprint density at radius 1 is 1.24 bits per heavy atom. The van der Waals surface area contributed by atoms with E-state index in [0.29, 0.717) is 13.1 Å². The molecule has 0 spiro atoms. The Kier molecular flexibility index (Phi) is 5.78. The van der Waals surface area contributed by atoms with Gasteiger partial charge in [0.05, 0.1) is 6.33 Å². The van der Waals surface area contributed by atoms with E-state index < -0.39 is 5.97 Å². The summed E-state index contributed by atoms with van der Waals surface area (Å²) in [6.07, 6.45) is 11.0. The summed E-state index contributed by atoms with van der Waals surface area (Å²) < 4.78 is 1.68. The van der Waals surface area contributed by atoms with E-state index in [1.54, 1.807) is 4.57 Å². The molecule has 0 aliphatic heterocycles. The average molecular weight is 293 g/mol. The second-order valence-electron chi connectivity index (χ2n) is 5.63. The van der Waals surface area contributed by atoms with Crippen LogP contribution in [0.1, 0.15) is 55.4 Å². The minimum Gasteiger partial charge on any atom is -0.476 e. The van der Waals surface area contributed by atoms with Gasteiger partial charge in [-0.3, -0.25) is 4.79 Å². The third-order valence-corrected chi connectivity index (χ3v) is 4.00.